The summed E-state index contributed by atoms with van der Waals surface area (Å²) in [6.45, 7) is 0.0950. The number of nitrogens with one attached hydrogen (secondary N) is 2. The quantitative estimate of drug-likeness (QED) is 0.0118. The van der Waals surface area contributed by atoms with Crippen LogP contribution in [0.25, 0.3) is 41.8 Å². The van der Waals surface area contributed by atoms with Crippen LogP contribution in [0.2, 0.25) is 0 Å². The molecular weight excluding hydrogens is 1700 g/mol. The van der Waals surface area contributed by atoms with Crippen LogP contribution in [0.15, 0.2) is 220 Å². The molecule has 4 fully saturated rings. The third-order valence-electron chi connectivity index (χ3n) is 17.3. The van der Waals surface area contributed by atoms with Gasteiger partial charge in [0.15, 0.2) is 43.2 Å². The Kier molecular flexibility index (Phi) is 35.0. The van der Waals surface area contributed by atoms with Crippen LogP contribution in [0.3, 0.4) is 0 Å². The van der Waals surface area contributed by atoms with E-state index in [2.05, 4.69) is 54.8 Å². The molecule has 13 N–H and O–H groups in total. The maximum absolute atomic E-state index is 13.0. The molecule has 4 aliphatic rings. The Balaban J connectivity index is 0.000000257. The first-order valence-electron chi connectivity index (χ1n) is 34.8. The van der Waals surface area contributed by atoms with E-state index >= 15 is 0 Å². The number of aromatic amines is 2. The van der Waals surface area contributed by atoms with Crippen LogP contribution >= 0.6 is 24.8 Å². The van der Waals surface area contributed by atoms with Gasteiger partial charge in [-0.25, -0.2) is 38.4 Å². The van der Waals surface area contributed by atoms with E-state index in [-0.39, 0.29) is 58.7 Å². The number of aliphatic hydroxyl groups is 7. The molecule has 6 unspecified atom stereocenters. The lowest BCUT2D eigenvalue weighted by Crippen LogP contribution is -2.49. The summed E-state index contributed by atoms with van der Waals surface area (Å²) in [6, 6.07) is 35.9. The fraction of sp³-hybridized carbons (Fsp3) is 0.329. The third kappa shape index (κ3) is 23.5. The fourth-order valence-electron chi connectivity index (χ4n) is 11.6. The molecule has 4 aromatic heterocycles. The number of esters is 7. The molecule has 0 amide bonds. The lowest BCUT2D eigenvalue weighted by atomic mass is 10.0. The summed E-state index contributed by atoms with van der Waals surface area (Å²) in [7, 11) is 0. The maximum atomic E-state index is 13.0. The van der Waals surface area contributed by atoms with Crippen LogP contribution in [-0.4, -0.2) is 214 Å². The van der Waals surface area contributed by atoms with Crippen LogP contribution in [0.4, 0.5) is 11.6 Å². The van der Waals surface area contributed by atoms with Gasteiger partial charge in [0.05, 0.1) is 35.5 Å². The van der Waals surface area contributed by atoms with Gasteiger partial charge in [-0.1, -0.05) is 93.3 Å². The smallest absolute Gasteiger partial charge is 0.351 e. The SMILES string of the molecule is CC(=O)OC(C)=O.CC(=O)O[C@H]1C(OC(=O)c2ccccc2)C(n2ccc(=O)[nH]c2=O)O[C@@]1(COC(=O)c1ccccc1)N=[N+]=[N-].Cl.Cl.[N-]=[N+]=N[C@]1(CO)OC(n2ccc(N)nc2=O)[C@H](O)[C@@H]1O.[N-]=[N+]=N[C@]1(CO)OC(n2ccc(N)nc2=O)[C@H](O)[C@@H]1O.[N-]=[N+]=N[C@]1(COC(=O)c2ccccc2)OC(n2ccc(=O)[nH]c2=O)C(OC(=O)c2ccccc2)[C@@H]1O. The minimum absolute atomic E-state index is 0. The Morgan fingerprint density at radius 3 is 1.07 bits per heavy atom. The van der Waals surface area contributed by atoms with Gasteiger partial charge in [-0.3, -0.25) is 52.2 Å². The zero-order valence-electron chi connectivity index (χ0n) is 64.0. The van der Waals surface area contributed by atoms with E-state index in [9.17, 15) is 109 Å². The van der Waals surface area contributed by atoms with Gasteiger partial charge in [-0.05, 0) is 82.8 Å². The van der Waals surface area contributed by atoms with Crippen molar-refractivity contribution in [2.75, 3.05) is 37.9 Å². The first kappa shape index (κ1) is 98.3. The fourth-order valence-corrected chi connectivity index (χ4v) is 11.6. The standard InChI is InChI=1S/C25H21N5O9.C23H19N5O8.2C9H12N6O5.C4H6O3.2ClH/c1-15(31)37-20-19(38-23(34)17-10-6-3-7-11-17)21(30-13-12-18(32)27-24(30)35)39-25(20,28-29-26)14-36-22(33)16-8-4-2-5-9-16;24-27-26-23(13-34-20(31)14-7-3-1-4-8-14)18(30)17(35-21(32)15-9-5-2-6-10-15)19(36-23)28-12-11-16(29)25-22(28)33;2*10-4-1-2-15(8(19)12-4)7-5(17)6(18)9(3-16,20-7)13-14-11;1-3(5)7-4(2)6;;/h2-13,19-21H,14H2,1H3,(H,27,32,35);1-12,17-19,30H,13H2,(H,25,29,33);2*1-2,5-7,16-18H,3H2,(H2,10,12,19);1-2H3;2*1H/t19?,20-,21?,25+;17?,18-,19?,23+;2*5-,6+,7?,9-;;;/m0011.../s1. The lowest BCUT2D eigenvalue weighted by Gasteiger charge is -2.29. The summed E-state index contributed by atoms with van der Waals surface area (Å²) < 4.78 is 56.6. The second-order valence-electron chi connectivity index (χ2n) is 25.4. The van der Waals surface area contributed by atoms with E-state index in [1.54, 1.807) is 72.8 Å². The van der Waals surface area contributed by atoms with Gasteiger partial charge < -0.3 is 94.6 Å². The zero-order chi connectivity index (χ0) is 89.4. The van der Waals surface area contributed by atoms with Gasteiger partial charge in [-0.15, -0.1) is 24.8 Å². The summed E-state index contributed by atoms with van der Waals surface area (Å²) in [5.41, 5.74) is 33.1. The predicted octanol–water partition coefficient (Wildman–Crippen LogP) is 0.691. The van der Waals surface area contributed by atoms with Gasteiger partial charge in [-0.2, -0.15) is 9.97 Å². The lowest BCUT2D eigenvalue weighted by molar-refractivity contribution is -0.166. The average Bonchev–Trinajstić information content (AvgIpc) is 1.59. The molecule has 4 aliphatic heterocycles. The number of benzene rings is 4. The molecule has 4 saturated heterocycles. The maximum Gasteiger partial charge on any atom is 0.351 e. The molecule has 0 spiro atoms. The molecule has 8 heterocycles. The molecule has 8 aromatic rings. The second kappa shape index (κ2) is 44.1. The summed E-state index contributed by atoms with van der Waals surface area (Å²) in [6.07, 6.45) is -14.8. The Morgan fingerprint density at radius 1 is 0.427 bits per heavy atom. The molecule has 656 valence electrons. The van der Waals surface area contributed by atoms with Crippen LogP contribution in [0.1, 0.15) is 87.1 Å². The topological polar surface area (TPSA) is 780 Å². The number of aliphatic hydroxyl groups excluding tert-OH is 7. The highest BCUT2D eigenvalue weighted by atomic mass is 35.5. The number of hydrogen-bond acceptors (Lipinski definition) is 38. The van der Waals surface area contributed by atoms with Gasteiger partial charge >= 0.3 is 64.5 Å². The first-order valence-corrected chi connectivity index (χ1v) is 34.8. The highest BCUT2D eigenvalue weighted by molar-refractivity contribution is 5.91. The van der Waals surface area contributed by atoms with Gasteiger partial charge in [0, 0.05) is 77.3 Å². The summed E-state index contributed by atoms with van der Waals surface area (Å²) >= 11 is 0. The number of ether oxygens (including phenoxy) is 10. The molecule has 52 nitrogen and oxygen atoms in total. The van der Waals surface area contributed by atoms with E-state index in [1.165, 1.54) is 86.9 Å². The number of anilines is 2. The van der Waals surface area contributed by atoms with E-state index in [0.29, 0.717) is 0 Å². The number of hydrogen-bond donors (Lipinski definition) is 11. The van der Waals surface area contributed by atoms with Crippen LogP contribution in [0, 0.1) is 0 Å². The number of nitrogens with zero attached hydrogens (tertiary/aromatic N) is 18. The monoisotopic (exact) mass is 1770 g/mol. The Hall–Kier alpha value is -14.5. The molecular formula is C70H72Cl2N22O30. The number of H-pyrrole nitrogens is 2. The number of carbonyl (C=O) groups excluding carboxylic acids is 7. The van der Waals surface area contributed by atoms with Crippen LogP contribution in [0.5, 0.6) is 0 Å². The minimum Gasteiger partial charge on any atom is -0.459 e. The van der Waals surface area contributed by atoms with Crippen molar-refractivity contribution in [1.82, 2.24) is 38.2 Å². The van der Waals surface area contributed by atoms with Crippen molar-refractivity contribution < 1.29 is 117 Å². The highest BCUT2D eigenvalue weighted by Crippen LogP contribution is 2.44. The van der Waals surface area contributed by atoms with E-state index < -0.39 is 199 Å². The molecule has 124 heavy (non-hydrogen) atoms. The van der Waals surface area contributed by atoms with Crippen molar-refractivity contribution in [3.8, 4) is 0 Å². The third-order valence-corrected chi connectivity index (χ3v) is 17.3. The highest BCUT2D eigenvalue weighted by Gasteiger charge is 2.63. The molecule has 12 rings (SSSR count). The number of rotatable bonds is 21. The van der Waals surface area contributed by atoms with Crippen LogP contribution in [-0.2, 0) is 61.8 Å². The normalized spacial score (nSPS) is 24.5. The molecule has 4 aromatic carbocycles. The van der Waals surface area contributed by atoms with Gasteiger partial charge in [0.1, 0.15) is 55.4 Å². The molecule has 0 aliphatic carbocycles. The van der Waals surface area contributed by atoms with Crippen LogP contribution < -0.4 is 45.3 Å². The van der Waals surface area contributed by atoms with Crippen molar-refractivity contribution in [2.45, 2.75) is 117 Å². The number of nitrogen functional groups attached to an aromatic ring is 2. The molecule has 0 bridgehead atoms. The van der Waals surface area contributed by atoms with Crippen molar-refractivity contribution in [3.63, 3.8) is 0 Å². The van der Waals surface area contributed by atoms with Gasteiger partial charge in [0.25, 0.3) is 11.1 Å². The zero-order valence-corrected chi connectivity index (χ0v) is 65.6. The molecule has 54 heteroatoms. The Bertz CT molecular complexity index is 5600. The summed E-state index contributed by atoms with van der Waals surface area (Å²) in [4.78, 5) is 176. The largest absolute Gasteiger partial charge is 0.459 e. The molecule has 16 atom stereocenters. The van der Waals surface area contributed by atoms with Gasteiger partial charge in [0.2, 0.25) is 22.9 Å². The number of halogens is 2. The van der Waals surface area contributed by atoms with E-state index in [1.807, 2.05) is 9.97 Å². The van der Waals surface area contributed by atoms with E-state index in [0.717, 1.165) is 49.7 Å². The second-order valence-corrected chi connectivity index (χ2v) is 25.4. The van der Waals surface area contributed by atoms with Crippen molar-refractivity contribution in [1.29, 1.82) is 0 Å². The predicted molar refractivity (Wildman–Crippen MR) is 418 cm³/mol. The van der Waals surface area contributed by atoms with Crippen molar-refractivity contribution in [3.05, 3.63) is 297 Å². The minimum atomic E-state index is -2.28. The molecule has 0 radical (unpaired) electrons. The number of azide groups is 4. The van der Waals surface area contributed by atoms with Crippen molar-refractivity contribution >= 4 is 78.2 Å². The number of nitrogens with two attached hydrogens (primary N) is 2. The Labute approximate surface area is 703 Å². The van der Waals surface area contributed by atoms with Crippen molar-refractivity contribution in [2.24, 2.45) is 20.5 Å². The first-order chi connectivity index (χ1) is 58.1. The average molecular weight is 1770 g/mol. The number of aromatic nitrogens is 8. The summed E-state index contributed by atoms with van der Waals surface area (Å²) in [5, 5.41) is 82.6. The summed E-state index contributed by atoms with van der Waals surface area (Å²) in [5.74, 6) is -5.45. The Morgan fingerprint density at radius 2 is 0.742 bits per heavy atom. The van der Waals surface area contributed by atoms with E-state index in [4.69, 9.17) is 65.2 Å². The molecule has 0 saturated carbocycles. The number of carbonyl (C=O) groups is 7.